The summed E-state index contributed by atoms with van der Waals surface area (Å²) >= 11 is 0. The molecule has 0 radical (unpaired) electrons. The van der Waals surface area contributed by atoms with E-state index < -0.39 is 29.3 Å². The molecule has 8 heteroatoms. The predicted molar refractivity (Wildman–Crippen MR) is 225 cm³/mol. The van der Waals surface area contributed by atoms with Gasteiger partial charge in [0, 0.05) is 16.8 Å². The Morgan fingerprint density at radius 3 is 1.71 bits per heavy atom. The van der Waals surface area contributed by atoms with E-state index in [0.29, 0.717) is 51.2 Å². The van der Waals surface area contributed by atoms with Crippen molar-refractivity contribution >= 4 is 51.0 Å². The second-order valence-corrected chi connectivity index (χ2v) is 15.0. The molecule has 0 saturated heterocycles. The van der Waals surface area contributed by atoms with Crippen molar-refractivity contribution in [3.8, 4) is 22.3 Å². The Labute approximate surface area is 327 Å². The molecule has 2 amide bonds. The maximum absolute atomic E-state index is 14.3. The van der Waals surface area contributed by atoms with Crippen LogP contribution in [0, 0.1) is 0 Å². The third kappa shape index (κ3) is 7.52. The fraction of sp³-hybridized carbons (Fsp3) is 0.250. The number of amides is 2. The van der Waals surface area contributed by atoms with Gasteiger partial charge in [0.15, 0.2) is 0 Å². The molecule has 6 aromatic carbocycles. The summed E-state index contributed by atoms with van der Waals surface area (Å²) < 4.78 is 0. The molecular formula is C48H48N2O6. The number of carboxylic acid groups (broad SMARTS) is 2. The minimum Gasteiger partial charge on any atom is -0.478 e. The van der Waals surface area contributed by atoms with Gasteiger partial charge in [0.2, 0.25) is 0 Å². The molecule has 0 fully saturated rings. The summed E-state index contributed by atoms with van der Waals surface area (Å²) in [6, 6.07) is 32.9. The molecule has 4 N–H and O–H groups in total. The third-order valence-electron chi connectivity index (χ3n) is 11.9. The molecule has 0 aliphatic rings. The third-order valence-corrected chi connectivity index (χ3v) is 11.9. The summed E-state index contributed by atoms with van der Waals surface area (Å²) in [7, 11) is 0. The lowest BCUT2D eigenvalue weighted by molar-refractivity contribution is 0.0682. The van der Waals surface area contributed by atoms with Crippen molar-refractivity contribution in [1.82, 2.24) is 5.32 Å². The monoisotopic (exact) mass is 748 g/mol. The van der Waals surface area contributed by atoms with Crippen LogP contribution >= 0.6 is 0 Å². The molecule has 0 aliphatic heterocycles. The molecule has 286 valence electrons. The van der Waals surface area contributed by atoms with Gasteiger partial charge < -0.3 is 20.8 Å². The minimum atomic E-state index is -1.28. The molecule has 56 heavy (non-hydrogen) atoms. The second kappa shape index (κ2) is 15.8. The standard InChI is InChI=1S/C48H48N2O6/c1-7-47(5,8-2)33-22-18-29(19-23-33)30-20-24-34(25-21-30)49-43(51)38-28-37-32(26-39(38)45(53)54)15-13-17-36(37)41-35-16-12-11-14-31(35)27-40(46(55)56)42(41)44(52)50-48(6,9-3)10-4/h11-28H,7-10H2,1-6H3,(H,49,51)(H,50,52)(H,53,54)(H,55,56). The van der Waals surface area contributed by atoms with Gasteiger partial charge in [-0.2, -0.15) is 0 Å². The minimum absolute atomic E-state index is 0.00962. The number of hydrogen-bond donors (Lipinski definition) is 4. The number of aromatic carboxylic acids is 2. The van der Waals surface area contributed by atoms with Crippen LogP contribution in [-0.4, -0.2) is 39.5 Å². The van der Waals surface area contributed by atoms with Crippen molar-refractivity contribution in [2.45, 2.75) is 78.2 Å². The molecule has 0 bridgehead atoms. The van der Waals surface area contributed by atoms with Crippen LogP contribution in [0.15, 0.2) is 109 Å². The number of rotatable bonds is 13. The van der Waals surface area contributed by atoms with E-state index in [1.165, 1.54) is 23.8 Å². The Morgan fingerprint density at radius 1 is 0.571 bits per heavy atom. The van der Waals surface area contributed by atoms with Gasteiger partial charge in [0.05, 0.1) is 22.3 Å². The number of hydrogen-bond acceptors (Lipinski definition) is 4. The molecule has 0 spiro atoms. The molecular weight excluding hydrogens is 701 g/mol. The zero-order valence-corrected chi connectivity index (χ0v) is 32.7. The number of carbonyl (C=O) groups is 4. The summed E-state index contributed by atoms with van der Waals surface area (Å²) in [4.78, 5) is 53.8. The molecule has 8 nitrogen and oxygen atoms in total. The lowest BCUT2D eigenvalue weighted by Gasteiger charge is -2.29. The number of carbonyl (C=O) groups excluding carboxylic acids is 2. The predicted octanol–water partition coefficient (Wildman–Crippen LogP) is 11.4. The Kier molecular flexibility index (Phi) is 11.1. The van der Waals surface area contributed by atoms with Gasteiger partial charge in [0.1, 0.15) is 0 Å². The summed E-state index contributed by atoms with van der Waals surface area (Å²) in [6.07, 6.45) is 3.34. The van der Waals surface area contributed by atoms with Crippen LogP contribution in [0.25, 0.3) is 43.8 Å². The molecule has 0 unspecified atom stereocenters. The lowest BCUT2D eigenvalue weighted by atomic mass is 9.77. The van der Waals surface area contributed by atoms with E-state index in [4.69, 9.17) is 0 Å². The topological polar surface area (TPSA) is 133 Å². The lowest BCUT2D eigenvalue weighted by Crippen LogP contribution is -2.45. The molecule has 0 aliphatic carbocycles. The number of fused-ring (bicyclic) bond motifs is 2. The molecule has 0 saturated carbocycles. The van der Waals surface area contributed by atoms with E-state index in [9.17, 15) is 29.4 Å². The number of nitrogens with one attached hydrogen (secondary N) is 2. The van der Waals surface area contributed by atoms with Crippen molar-refractivity contribution in [3.05, 3.63) is 137 Å². The van der Waals surface area contributed by atoms with Crippen LogP contribution in [0.5, 0.6) is 0 Å². The maximum Gasteiger partial charge on any atom is 0.336 e. The van der Waals surface area contributed by atoms with Gasteiger partial charge in [-0.15, -0.1) is 0 Å². The Bertz CT molecular complexity index is 2480. The van der Waals surface area contributed by atoms with Crippen LogP contribution < -0.4 is 10.6 Å². The van der Waals surface area contributed by atoms with Gasteiger partial charge in [-0.25, -0.2) is 9.59 Å². The van der Waals surface area contributed by atoms with Crippen molar-refractivity contribution in [3.63, 3.8) is 0 Å². The fourth-order valence-corrected chi connectivity index (χ4v) is 7.37. The van der Waals surface area contributed by atoms with Crippen molar-refractivity contribution in [2.75, 3.05) is 5.32 Å². The largest absolute Gasteiger partial charge is 0.478 e. The van der Waals surface area contributed by atoms with Crippen molar-refractivity contribution < 1.29 is 29.4 Å². The Hall–Kier alpha value is -6.28. The molecule has 0 atom stereocenters. The molecule has 6 aromatic rings. The van der Waals surface area contributed by atoms with E-state index in [0.717, 1.165) is 24.0 Å². The van der Waals surface area contributed by atoms with Gasteiger partial charge in [-0.3, -0.25) is 9.59 Å². The number of benzene rings is 6. The number of carboxylic acids is 2. The van der Waals surface area contributed by atoms with Crippen LogP contribution in [0.2, 0.25) is 0 Å². The van der Waals surface area contributed by atoms with Crippen LogP contribution in [-0.2, 0) is 5.41 Å². The highest BCUT2D eigenvalue weighted by molar-refractivity contribution is 6.21. The quantitative estimate of drug-likeness (QED) is 0.0929. The first-order valence-electron chi connectivity index (χ1n) is 19.2. The summed E-state index contributed by atoms with van der Waals surface area (Å²) in [5.74, 6) is -3.70. The summed E-state index contributed by atoms with van der Waals surface area (Å²) in [5.41, 5.74) is 3.73. The van der Waals surface area contributed by atoms with Crippen LogP contribution in [0.3, 0.4) is 0 Å². The van der Waals surface area contributed by atoms with Gasteiger partial charge >= 0.3 is 11.9 Å². The van der Waals surface area contributed by atoms with E-state index in [2.05, 4.69) is 55.7 Å². The average molecular weight is 749 g/mol. The molecule has 6 rings (SSSR count). The first-order chi connectivity index (χ1) is 26.8. The van der Waals surface area contributed by atoms with E-state index in [-0.39, 0.29) is 27.7 Å². The first-order valence-corrected chi connectivity index (χ1v) is 19.2. The van der Waals surface area contributed by atoms with E-state index in [1.54, 1.807) is 42.5 Å². The summed E-state index contributed by atoms with van der Waals surface area (Å²) in [5, 5.41) is 29.0. The highest BCUT2D eigenvalue weighted by atomic mass is 16.4. The highest BCUT2D eigenvalue weighted by Gasteiger charge is 2.30. The molecule has 0 heterocycles. The average Bonchev–Trinajstić information content (AvgIpc) is 3.22. The smallest absolute Gasteiger partial charge is 0.336 e. The molecule has 0 aromatic heterocycles. The van der Waals surface area contributed by atoms with Crippen molar-refractivity contribution in [2.24, 2.45) is 0 Å². The fourth-order valence-electron chi connectivity index (χ4n) is 7.37. The zero-order chi connectivity index (χ0) is 40.4. The Balaban J connectivity index is 1.45. The second-order valence-electron chi connectivity index (χ2n) is 15.0. The van der Waals surface area contributed by atoms with E-state index >= 15 is 0 Å². The van der Waals surface area contributed by atoms with Gasteiger partial charge in [0.25, 0.3) is 11.8 Å². The first kappa shape index (κ1) is 39.4. The van der Waals surface area contributed by atoms with E-state index in [1.807, 2.05) is 45.0 Å². The van der Waals surface area contributed by atoms with Gasteiger partial charge in [-0.1, -0.05) is 113 Å². The zero-order valence-electron chi connectivity index (χ0n) is 32.7. The SMILES string of the molecule is CCC(C)(CC)NC(=O)c1c(C(=O)O)cc2ccccc2c1-c1cccc2cc(C(=O)O)c(C(=O)Nc3ccc(-c4ccc(C(C)(CC)CC)cc4)cc3)cc12. The highest BCUT2D eigenvalue weighted by Crippen LogP contribution is 2.40. The van der Waals surface area contributed by atoms with Crippen LogP contribution in [0.4, 0.5) is 5.69 Å². The number of anilines is 1. The van der Waals surface area contributed by atoms with Crippen molar-refractivity contribution in [1.29, 1.82) is 0 Å². The van der Waals surface area contributed by atoms with Crippen LogP contribution in [0.1, 0.15) is 114 Å². The normalized spacial score (nSPS) is 11.8. The van der Waals surface area contributed by atoms with Gasteiger partial charge in [-0.05, 0) is 112 Å². The summed E-state index contributed by atoms with van der Waals surface area (Å²) in [6.45, 7) is 12.5. The Morgan fingerprint density at radius 2 is 1.12 bits per heavy atom. The maximum atomic E-state index is 14.3.